The maximum absolute atomic E-state index is 11.7. The molecule has 0 saturated heterocycles. The highest BCUT2D eigenvalue weighted by Gasteiger charge is 2.34. The van der Waals surface area contributed by atoms with Gasteiger partial charge in [0.05, 0.1) is 12.1 Å². The lowest BCUT2D eigenvalue weighted by molar-refractivity contribution is -0.137. The lowest BCUT2D eigenvalue weighted by Gasteiger charge is -2.13. The molecule has 0 spiro atoms. The first-order valence-corrected chi connectivity index (χ1v) is 5.53. The fourth-order valence-electron chi connectivity index (χ4n) is 2.03. The Kier molecular flexibility index (Phi) is 3.12. The lowest BCUT2D eigenvalue weighted by atomic mass is 10.1. The molecule has 4 N–H and O–H groups in total. The molecule has 0 aliphatic carbocycles. The van der Waals surface area contributed by atoms with Crippen molar-refractivity contribution in [1.29, 1.82) is 0 Å². The molecule has 1 aliphatic heterocycles. The third kappa shape index (κ3) is 1.98. The maximum atomic E-state index is 11.7. The molecule has 6 nitrogen and oxygen atoms in total. The van der Waals surface area contributed by atoms with Gasteiger partial charge in [-0.05, 0) is 30.2 Å². The third-order valence-electron chi connectivity index (χ3n) is 2.82. The molecule has 6 heteroatoms. The van der Waals surface area contributed by atoms with E-state index in [2.05, 4.69) is 0 Å². The van der Waals surface area contributed by atoms with Gasteiger partial charge in [-0.3, -0.25) is 14.4 Å². The summed E-state index contributed by atoms with van der Waals surface area (Å²) in [5.41, 5.74) is 12.5. The summed E-state index contributed by atoms with van der Waals surface area (Å²) in [7, 11) is 0. The molecular formula is C12H13N3O3. The van der Waals surface area contributed by atoms with Crippen LogP contribution in [0.25, 0.3) is 0 Å². The number of carbonyl (C=O) groups excluding carboxylic acids is 3. The molecule has 3 amide bonds. The first kappa shape index (κ1) is 12.3. The molecule has 1 aromatic rings. The number of fused-ring (bicyclic) bond motifs is 1. The zero-order chi connectivity index (χ0) is 13.3. The quantitative estimate of drug-likeness (QED) is 0.659. The second-order valence-corrected chi connectivity index (χ2v) is 4.08. The van der Waals surface area contributed by atoms with Gasteiger partial charge in [0.2, 0.25) is 5.91 Å². The Labute approximate surface area is 104 Å². The molecule has 0 bridgehead atoms. The number of imide groups is 1. The van der Waals surface area contributed by atoms with Gasteiger partial charge >= 0.3 is 11.8 Å². The van der Waals surface area contributed by atoms with E-state index in [1.807, 2.05) is 6.07 Å². The average Bonchev–Trinajstić information content (AvgIpc) is 2.63. The number of carbonyl (C=O) groups is 3. The van der Waals surface area contributed by atoms with E-state index in [0.29, 0.717) is 18.7 Å². The van der Waals surface area contributed by atoms with Crippen molar-refractivity contribution in [1.82, 2.24) is 0 Å². The Hall–Kier alpha value is -2.21. The van der Waals surface area contributed by atoms with E-state index >= 15 is 0 Å². The van der Waals surface area contributed by atoms with Crippen molar-refractivity contribution < 1.29 is 14.4 Å². The fourth-order valence-corrected chi connectivity index (χ4v) is 2.03. The highest BCUT2D eigenvalue weighted by atomic mass is 16.2. The SMILES string of the molecule is NCCc1ccc2c(c1)CC(=O)N2C(=O)C(N)=O. The van der Waals surface area contributed by atoms with Gasteiger partial charge in [0, 0.05) is 0 Å². The molecule has 0 fully saturated rings. The second kappa shape index (κ2) is 4.58. The molecule has 0 saturated carbocycles. The van der Waals surface area contributed by atoms with E-state index in [9.17, 15) is 14.4 Å². The van der Waals surface area contributed by atoms with Crippen LogP contribution in [0, 0.1) is 0 Å². The minimum absolute atomic E-state index is 0.104. The molecule has 18 heavy (non-hydrogen) atoms. The summed E-state index contributed by atoms with van der Waals surface area (Å²) in [6.45, 7) is 0.511. The highest BCUT2D eigenvalue weighted by molar-refractivity contribution is 6.45. The zero-order valence-electron chi connectivity index (χ0n) is 9.68. The van der Waals surface area contributed by atoms with E-state index in [-0.39, 0.29) is 6.42 Å². The van der Waals surface area contributed by atoms with Gasteiger partial charge in [-0.1, -0.05) is 12.1 Å². The molecular weight excluding hydrogens is 234 g/mol. The van der Waals surface area contributed by atoms with Crippen LogP contribution in [0.2, 0.25) is 0 Å². The fraction of sp³-hybridized carbons (Fsp3) is 0.250. The molecule has 1 aliphatic rings. The molecule has 0 radical (unpaired) electrons. The van der Waals surface area contributed by atoms with Crippen LogP contribution in [0.4, 0.5) is 5.69 Å². The standard InChI is InChI=1S/C12H13N3O3/c13-4-3-7-1-2-9-8(5-7)6-10(16)15(9)12(18)11(14)17/h1-2,5H,3-4,6,13H2,(H2,14,17). The number of nitrogens with two attached hydrogens (primary N) is 2. The number of rotatable bonds is 2. The lowest BCUT2D eigenvalue weighted by Crippen LogP contribution is -2.42. The Morgan fingerprint density at radius 3 is 2.67 bits per heavy atom. The van der Waals surface area contributed by atoms with Crippen molar-refractivity contribution in [3.8, 4) is 0 Å². The number of primary amides is 1. The van der Waals surface area contributed by atoms with Crippen LogP contribution < -0.4 is 16.4 Å². The third-order valence-corrected chi connectivity index (χ3v) is 2.82. The predicted molar refractivity (Wildman–Crippen MR) is 64.6 cm³/mol. The highest BCUT2D eigenvalue weighted by Crippen LogP contribution is 2.29. The van der Waals surface area contributed by atoms with Gasteiger partial charge in [0.1, 0.15) is 0 Å². The first-order chi connectivity index (χ1) is 8.54. The minimum Gasteiger partial charge on any atom is -0.361 e. The summed E-state index contributed by atoms with van der Waals surface area (Å²) < 4.78 is 0. The number of hydrogen-bond acceptors (Lipinski definition) is 4. The Balaban J connectivity index is 2.38. The van der Waals surface area contributed by atoms with Crippen molar-refractivity contribution >= 4 is 23.4 Å². The molecule has 0 unspecified atom stereocenters. The van der Waals surface area contributed by atoms with Crippen molar-refractivity contribution in [2.75, 3.05) is 11.4 Å². The molecule has 2 rings (SSSR count). The Bertz CT molecular complexity index is 539. The molecule has 0 atom stereocenters. The van der Waals surface area contributed by atoms with Gasteiger partial charge in [0.15, 0.2) is 0 Å². The number of benzene rings is 1. The van der Waals surface area contributed by atoms with Crippen LogP contribution in [0.5, 0.6) is 0 Å². The van der Waals surface area contributed by atoms with Crippen LogP contribution in [0.15, 0.2) is 18.2 Å². The smallest absolute Gasteiger partial charge is 0.322 e. The Morgan fingerprint density at radius 2 is 2.06 bits per heavy atom. The maximum Gasteiger partial charge on any atom is 0.322 e. The Morgan fingerprint density at radius 1 is 1.33 bits per heavy atom. The van der Waals surface area contributed by atoms with Gasteiger partial charge in [-0.25, -0.2) is 4.90 Å². The topological polar surface area (TPSA) is 106 Å². The number of anilines is 1. The van der Waals surface area contributed by atoms with Crippen molar-refractivity contribution in [3.05, 3.63) is 29.3 Å². The second-order valence-electron chi connectivity index (χ2n) is 4.08. The molecule has 94 valence electrons. The van der Waals surface area contributed by atoms with Gasteiger partial charge < -0.3 is 11.5 Å². The predicted octanol–water partition coefficient (Wildman–Crippen LogP) is -0.911. The van der Waals surface area contributed by atoms with E-state index in [1.54, 1.807) is 12.1 Å². The van der Waals surface area contributed by atoms with Crippen LogP contribution in [0.3, 0.4) is 0 Å². The summed E-state index contributed by atoms with van der Waals surface area (Å²) in [5.74, 6) is -2.56. The van der Waals surface area contributed by atoms with Crippen molar-refractivity contribution in [3.63, 3.8) is 0 Å². The summed E-state index contributed by atoms with van der Waals surface area (Å²) in [6.07, 6.45) is 0.804. The molecule has 1 heterocycles. The van der Waals surface area contributed by atoms with Crippen LogP contribution in [-0.4, -0.2) is 24.3 Å². The average molecular weight is 247 g/mol. The van der Waals surface area contributed by atoms with Crippen molar-refractivity contribution in [2.45, 2.75) is 12.8 Å². The number of amides is 3. The molecule has 0 aromatic heterocycles. The normalized spacial score (nSPS) is 13.6. The molecule has 1 aromatic carbocycles. The van der Waals surface area contributed by atoms with E-state index in [4.69, 9.17) is 11.5 Å². The van der Waals surface area contributed by atoms with Gasteiger partial charge in [-0.2, -0.15) is 0 Å². The number of hydrogen-bond donors (Lipinski definition) is 2. The largest absolute Gasteiger partial charge is 0.361 e. The van der Waals surface area contributed by atoms with Crippen LogP contribution >= 0.6 is 0 Å². The van der Waals surface area contributed by atoms with E-state index in [1.165, 1.54) is 0 Å². The van der Waals surface area contributed by atoms with Gasteiger partial charge in [0.25, 0.3) is 0 Å². The van der Waals surface area contributed by atoms with Gasteiger partial charge in [-0.15, -0.1) is 0 Å². The first-order valence-electron chi connectivity index (χ1n) is 5.53. The van der Waals surface area contributed by atoms with Crippen LogP contribution in [-0.2, 0) is 27.2 Å². The minimum atomic E-state index is -1.14. The summed E-state index contributed by atoms with van der Waals surface area (Å²) in [6, 6.07) is 5.26. The van der Waals surface area contributed by atoms with Crippen molar-refractivity contribution in [2.24, 2.45) is 11.5 Å². The van der Waals surface area contributed by atoms with E-state index < -0.39 is 17.7 Å². The summed E-state index contributed by atoms with van der Waals surface area (Å²) in [5, 5.41) is 0. The zero-order valence-corrected chi connectivity index (χ0v) is 9.68. The summed E-state index contributed by atoms with van der Waals surface area (Å²) in [4.78, 5) is 35.0. The summed E-state index contributed by atoms with van der Waals surface area (Å²) >= 11 is 0. The van der Waals surface area contributed by atoms with Crippen LogP contribution in [0.1, 0.15) is 11.1 Å². The number of nitrogens with zero attached hydrogens (tertiary/aromatic N) is 1. The van der Waals surface area contributed by atoms with E-state index in [0.717, 1.165) is 16.0 Å². The monoisotopic (exact) mass is 247 g/mol.